The molecule has 4 aromatic rings. The lowest BCUT2D eigenvalue weighted by Crippen LogP contribution is -2.24. The zero-order valence-electron chi connectivity index (χ0n) is 24.6. The van der Waals surface area contributed by atoms with Crippen LogP contribution in [-0.4, -0.2) is 55.9 Å². The van der Waals surface area contributed by atoms with Gasteiger partial charge in [0.25, 0.3) is 0 Å². The SMILES string of the molecule is CCC[C@@H](O)COc1ccc(Cl)c(-c2nc(-c3c(C)noc3C)c(C)c(N3Cc4cnn(C5CCOCC5)c4C3)n2)c1. The van der Waals surface area contributed by atoms with E-state index in [1.54, 1.807) is 12.1 Å². The van der Waals surface area contributed by atoms with Crippen LogP contribution in [0.2, 0.25) is 5.02 Å². The highest BCUT2D eigenvalue weighted by atomic mass is 35.5. The van der Waals surface area contributed by atoms with E-state index >= 15 is 0 Å². The van der Waals surface area contributed by atoms with Crippen molar-refractivity contribution >= 4 is 17.4 Å². The molecule has 0 radical (unpaired) electrons. The summed E-state index contributed by atoms with van der Waals surface area (Å²) < 4.78 is 19.2. The summed E-state index contributed by atoms with van der Waals surface area (Å²) in [6, 6.07) is 5.77. The van der Waals surface area contributed by atoms with Crippen LogP contribution in [0, 0.1) is 20.8 Å². The Labute approximate surface area is 250 Å². The fourth-order valence-corrected chi connectivity index (χ4v) is 6.14. The molecule has 5 heterocycles. The number of rotatable bonds is 9. The molecule has 0 aliphatic carbocycles. The number of aryl methyl sites for hydroxylation is 2. The molecule has 1 N–H and O–H groups in total. The maximum Gasteiger partial charge on any atom is 0.163 e. The number of benzene rings is 1. The van der Waals surface area contributed by atoms with Crippen molar-refractivity contribution in [1.29, 1.82) is 0 Å². The summed E-state index contributed by atoms with van der Waals surface area (Å²) in [4.78, 5) is 12.4. The van der Waals surface area contributed by atoms with Gasteiger partial charge >= 0.3 is 0 Å². The van der Waals surface area contributed by atoms with Gasteiger partial charge in [-0.1, -0.05) is 30.1 Å². The Morgan fingerprint density at radius 3 is 2.69 bits per heavy atom. The van der Waals surface area contributed by atoms with Gasteiger partial charge in [-0.2, -0.15) is 5.10 Å². The molecule has 3 aromatic heterocycles. The number of anilines is 1. The first-order valence-corrected chi connectivity index (χ1v) is 15.0. The summed E-state index contributed by atoms with van der Waals surface area (Å²) in [5, 5.41) is 19.6. The molecule has 0 spiro atoms. The van der Waals surface area contributed by atoms with E-state index < -0.39 is 6.10 Å². The van der Waals surface area contributed by atoms with Crippen molar-refractivity contribution in [3.05, 3.63) is 57.7 Å². The predicted molar refractivity (Wildman–Crippen MR) is 160 cm³/mol. The smallest absolute Gasteiger partial charge is 0.163 e. The van der Waals surface area contributed by atoms with Crippen LogP contribution in [-0.2, 0) is 17.8 Å². The highest BCUT2D eigenvalue weighted by Crippen LogP contribution is 2.39. The molecule has 1 fully saturated rings. The molecule has 1 atom stereocenters. The van der Waals surface area contributed by atoms with Gasteiger partial charge in [-0.05, 0) is 58.2 Å². The van der Waals surface area contributed by atoms with Crippen LogP contribution >= 0.6 is 11.6 Å². The molecule has 0 saturated carbocycles. The van der Waals surface area contributed by atoms with Crippen molar-refractivity contribution in [2.24, 2.45) is 0 Å². The number of aliphatic hydroxyl groups excluding tert-OH is 1. The van der Waals surface area contributed by atoms with Crippen molar-refractivity contribution in [1.82, 2.24) is 24.9 Å². The standard InChI is InChI=1S/C31H37ClN6O4/c1-5-6-23(39)17-41-24-7-8-26(32)25(13-24)30-34-29(28-19(3)36-42-20(28)4)18(2)31(35-30)37-15-21-14-33-38(27(21)16-37)22-9-11-40-12-10-22/h7-8,13-14,22-23,39H,5-6,9-12,15-17H2,1-4H3/t23-/m1/s1. The second-order valence-corrected chi connectivity index (χ2v) is 11.6. The van der Waals surface area contributed by atoms with Gasteiger partial charge < -0.3 is 24.0 Å². The zero-order chi connectivity index (χ0) is 29.4. The van der Waals surface area contributed by atoms with Gasteiger partial charge in [-0.3, -0.25) is 4.68 Å². The third kappa shape index (κ3) is 5.50. The number of halogens is 1. The first-order chi connectivity index (χ1) is 20.3. The molecule has 0 amide bonds. The Morgan fingerprint density at radius 2 is 1.95 bits per heavy atom. The monoisotopic (exact) mass is 592 g/mol. The first kappa shape index (κ1) is 28.6. The normalized spacial score (nSPS) is 16.2. The van der Waals surface area contributed by atoms with Gasteiger partial charge in [0.1, 0.15) is 23.9 Å². The Balaban J connectivity index is 1.40. The highest BCUT2D eigenvalue weighted by molar-refractivity contribution is 6.33. The maximum atomic E-state index is 10.2. The van der Waals surface area contributed by atoms with E-state index in [0.29, 0.717) is 53.5 Å². The van der Waals surface area contributed by atoms with E-state index in [1.807, 2.05) is 40.0 Å². The second-order valence-electron chi connectivity index (χ2n) is 11.2. The number of ether oxygens (including phenoxy) is 2. The molecule has 0 unspecified atom stereocenters. The topological polar surface area (TPSA) is 112 Å². The van der Waals surface area contributed by atoms with Crippen LogP contribution in [0.3, 0.4) is 0 Å². The molecule has 222 valence electrons. The largest absolute Gasteiger partial charge is 0.491 e. The zero-order valence-corrected chi connectivity index (χ0v) is 25.3. The molecule has 0 bridgehead atoms. The lowest BCUT2D eigenvalue weighted by Gasteiger charge is -2.25. The van der Waals surface area contributed by atoms with Gasteiger partial charge in [-0.15, -0.1) is 0 Å². The van der Waals surface area contributed by atoms with Gasteiger partial charge in [0.15, 0.2) is 5.82 Å². The Morgan fingerprint density at radius 1 is 1.14 bits per heavy atom. The van der Waals surface area contributed by atoms with Crippen LogP contribution in [0.1, 0.15) is 66.9 Å². The average Bonchev–Trinajstić information content (AvgIpc) is 3.68. The van der Waals surface area contributed by atoms with Crippen LogP contribution in [0.5, 0.6) is 5.75 Å². The summed E-state index contributed by atoms with van der Waals surface area (Å²) >= 11 is 6.75. The van der Waals surface area contributed by atoms with Crippen molar-refractivity contribution in [3.8, 4) is 28.4 Å². The summed E-state index contributed by atoms with van der Waals surface area (Å²) in [5.74, 6) is 2.60. The van der Waals surface area contributed by atoms with Crippen molar-refractivity contribution < 1.29 is 19.1 Å². The molecule has 1 aromatic carbocycles. The molecule has 2 aliphatic heterocycles. The third-order valence-electron chi connectivity index (χ3n) is 8.16. The Bertz CT molecular complexity index is 1560. The van der Waals surface area contributed by atoms with Crippen molar-refractivity contribution in [3.63, 3.8) is 0 Å². The fourth-order valence-electron chi connectivity index (χ4n) is 5.94. The van der Waals surface area contributed by atoms with E-state index in [1.165, 1.54) is 11.3 Å². The number of aliphatic hydroxyl groups is 1. The minimum atomic E-state index is -0.531. The fraction of sp³-hybridized carbons (Fsp3) is 0.484. The number of nitrogens with zero attached hydrogens (tertiary/aromatic N) is 6. The van der Waals surface area contributed by atoms with Gasteiger partial charge in [0, 0.05) is 36.4 Å². The van der Waals surface area contributed by atoms with E-state index in [9.17, 15) is 5.11 Å². The lowest BCUT2D eigenvalue weighted by molar-refractivity contribution is 0.0655. The summed E-state index contributed by atoms with van der Waals surface area (Å²) in [6.45, 7) is 11.0. The summed E-state index contributed by atoms with van der Waals surface area (Å²) in [5.41, 5.74) is 6.40. The highest BCUT2D eigenvalue weighted by Gasteiger charge is 2.31. The predicted octanol–water partition coefficient (Wildman–Crippen LogP) is 5.99. The summed E-state index contributed by atoms with van der Waals surface area (Å²) in [7, 11) is 0. The van der Waals surface area contributed by atoms with Gasteiger partial charge in [0.05, 0.1) is 52.6 Å². The van der Waals surface area contributed by atoms with Crippen LogP contribution in [0.25, 0.3) is 22.6 Å². The number of hydrogen-bond donors (Lipinski definition) is 1. The van der Waals surface area contributed by atoms with Gasteiger partial charge in [-0.25, -0.2) is 9.97 Å². The number of aromatic nitrogens is 5. The lowest BCUT2D eigenvalue weighted by atomic mass is 10.0. The quantitative estimate of drug-likeness (QED) is 0.250. The van der Waals surface area contributed by atoms with Crippen LogP contribution in [0.15, 0.2) is 28.9 Å². The molecule has 6 rings (SSSR count). The molecule has 2 aliphatic rings. The molecular weight excluding hydrogens is 556 g/mol. The summed E-state index contributed by atoms with van der Waals surface area (Å²) in [6.07, 6.45) is 4.95. The Kier molecular flexibility index (Phi) is 8.20. The van der Waals surface area contributed by atoms with Crippen molar-refractivity contribution in [2.45, 2.75) is 78.6 Å². The minimum Gasteiger partial charge on any atom is -0.491 e. The average molecular weight is 593 g/mol. The molecule has 10 nitrogen and oxygen atoms in total. The minimum absolute atomic E-state index is 0.204. The van der Waals surface area contributed by atoms with E-state index in [4.69, 9.17) is 40.7 Å². The van der Waals surface area contributed by atoms with Crippen molar-refractivity contribution in [2.75, 3.05) is 24.7 Å². The molecule has 1 saturated heterocycles. The first-order valence-electron chi connectivity index (χ1n) is 14.6. The maximum absolute atomic E-state index is 10.2. The number of fused-ring (bicyclic) bond motifs is 1. The van der Waals surface area contributed by atoms with Crippen LogP contribution in [0.4, 0.5) is 5.82 Å². The van der Waals surface area contributed by atoms with Gasteiger partial charge in [0.2, 0.25) is 0 Å². The van der Waals surface area contributed by atoms with Crippen LogP contribution < -0.4 is 9.64 Å². The number of hydrogen-bond acceptors (Lipinski definition) is 9. The van der Waals surface area contributed by atoms with E-state index in [0.717, 1.165) is 60.8 Å². The Hall–Kier alpha value is -3.47. The molecule has 42 heavy (non-hydrogen) atoms. The van der Waals surface area contributed by atoms with E-state index in [-0.39, 0.29) is 6.61 Å². The molecular formula is C31H37ClN6O4. The second kappa shape index (κ2) is 12.0. The van der Waals surface area contributed by atoms with E-state index in [2.05, 4.69) is 14.7 Å². The molecule has 11 heteroatoms. The third-order valence-corrected chi connectivity index (χ3v) is 8.49.